The van der Waals surface area contributed by atoms with Crippen LogP contribution in [-0.2, 0) is 19.4 Å². The van der Waals surface area contributed by atoms with E-state index in [1.807, 2.05) is 0 Å². The van der Waals surface area contributed by atoms with Crippen LogP contribution < -0.4 is 0 Å². The molecule has 0 spiro atoms. The molecular weight excluding hydrogens is 228 g/mol. The van der Waals surface area contributed by atoms with Crippen molar-refractivity contribution in [1.29, 1.82) is 0 Å². The van der Waals surface area contributed by atoms with E-state index >= 15 is 0 Å². The van der Waals surface area contributed by atoms with Gasteiger partial charge in [0.2, 0.25) is 5.78 Å². The van der Waals surface area contributed by atoms with Crippen LogP contribution in [0, 0.1) is 0 Å². The Labute approximate surface area is 94.2 Å². The van der Waals surface area contributed by atoms with Gasteiger partial charge in [-0.3, -0.25) is 9.59 Å². The Kier molecular flexibility index (Phi) is 3.95. The lowest BCUT2D eigenvalue weighted by Crippen LogP contribution is -2.23. The summed E-state index contributed by atoms with van der Waals surface area (Å²) in [5.41, 5.74) is 0. The summed E-state index contributed by atoms with van der Waals surface area (Å²) >= 11 is 0. The van der Waals surface area contributed by atoms with E-state index in [4.69, 9.17) is 0 Å². The Morgan fingerprint density at radius 1 is 1.06 bits per heavy atom. The molecule has 16 heavy (non-hydrogen) atoms. The number of hydrogen-bond donors (Lipinski definition) is 0. The van der Waals surface area contributed by atoms with Crippen molar-refractivity contribution in [2.45, 2.75) is 18.2 Å². The smallest absolute Gasteiger partial charge is 0.213 e. The summed E-state index contributed by atoms with van der Waals surface area (Å²) in [5, 5.41) is 0. The summed E-state index contributed by atoms with van der Waals surface area (Å²) in [6, 6.07) is 7.62. The van der Waals surface area contributed by atoms with E-state index in [-0.39, 0.29) is 11.3 Å². The Hall–Kier alpha value is -1.49. The lowest BCUT2D eigenvalue weighted by atomic mass is 10.2. The fourth-order valence-electron chi connectivity index (χ4n) is 1.16. The van der Waals surface area contributed by atoms with Crippen molar-refractivity contribution in [2.24, 2.45) is 0 Å². The van der Waals surface area contributed by atoms with Gasteiger partial charge in [-0.2, -0.15) is 0 Å². The van der Waals surface area contributed by atoms with Crippen LogP contribution in [-0.4, -0.2) is 25.7 Å². The number of carbonyl (C=O) groups is 2. The molecule has 0 unspecified atom stereocenters. The average Bonchev–Trinajstić information content (AvgIpc) is 2.28. The summed E-state index contributed by atoms with van der Waals surface area (Å²) in [6.07, 6.45) is 0.0309. The Balaban J connectivity index is 2.90. The van der Waals surface area contributed by atoms with Crippen LogP contribution in [0.3, 0.4) is 0 Å². The number of ketones is 2. The van der Waals surface area contributed by atoms with E-state index in [2.05, 4.69) is 0 Å². The molecule has 1 rings (SSSR count). The minimum absolute atomic E-state index is 0.0309. The summed E-state index contributed by atoms with van der Waals surface area (Å²) in [6.45, 7) is 1.52. The normalized spacial score (nSPS) is 11.1. The largest absolute Gasteiger partial charge is 0.291 e. The van der Waals surface area contributed by atoms with Crippen LogP contribution in [0.15, 0.2) is 35.2 Å². The second kappa shape index (κ2) is 5.03. The number of carbonyl (C=O) groups excluding carboxylic acids is 2. The fraction of sp³-hybridized carbons (Fsp3) is 0.273. The summed E-state index contributed by atoms with van der Waals surface area (Å²) in [5.74, 6) is -2.25. The SMILES string of the molecule is CCC(=O)C(=O)CS(=O)(=O)c1ccccc1. The molecule has 0 saturated heterocycles. The van der Waals surface area contributed by atoms with Crippen LogP contribution in [0.25, 0.3) is 0 Å². The van der Waals surface area contributed by atoms with E-state index < -0.39 is 27.2 Å². The third-order valence-electron chi connectivity index (χ3n) is 2.06. The maximum absolute atomic E-state index is 11.7. The molecule has 86 valence electrons. The molecule has 0 bridgehead atoms. The minimum Gasteiger partial charge on any atom is -0.291 e. The fourth-order valence-corrected chi connectivity index (χ4v) is 2.41. The van der Waals surface area contributed by atoms with Gasteiger partial charge in [-0.25, -0.2) is 8.42 Å². The minimum atomic E-state index is -3.68. The zero-order valence-corrected chi connectivity index (χ0v) is 9.66. The summed E-state index contributed by atoms with van der Waals surface area (Å²) < 4.78 is 23.4. The first-order chi connectivity index (χ1) is 7.47. The van der Waals surface area contributed by atoms with Gasteiger partial charge in [-0.15, -0.1) is 0 Å². The van der Waals surface area contributed by atoms with Crippen LogP contribution in [0.1, 0.15) is 13.3 Å². The van der Waals surface area contributed by atoms with Gasteiger partial charge in [0.05, 0.1) is 4.90 Å². The predicted molar refractivity (Wildman–Crippen MR) is 58.8 cm³/mol. The van der Waals surface area contributed by atoms with Crippen molar-refractivity contribution in [2.75, 3.05) is 5.75 Å². The molecule has 1 aromatic carbocycles. The molecule has 0 amide bonds. The number of benzene rings is 1. The molecule has 0 fully saturated rings. The van der Waals surface area contributed by atoms with Gasteiger partial charge in [-0.1, -0.05) is 25.1 Å². The van der Waals surface area contributed by atoms with Crippen molar-refractivity contribution in [3.05, 3.63) is 30.3 Å². The molecule has 0 saturated carbocycles. The second-order valence-corrected chi connectivity index (χ2v) is 5.26. The molecular formula is C11H12O4S. The van der Waals surface area contributed by atoms with Gasteiger partial charge >= 0.3 is 0 Å². The van der Waals surface area contributed by atoms with E-state index in [0.29, 0.717) is 0 Å². The monoisotopic (exact) mass is 240 g/mol. The van der Waals surface area contributed by atoms with Crippen molar-refractivity contribution in [3.8, 4) is 0 Å². The van der Waals surface area contributed by atoms with Gasteiger partial charge in [-0.05, 0) is 12.1 Å². The zero-order chi connectivity index (χ0) is 12.2. The molecule has 1 aromatic rings. The topological polar surface area (TPSA) is 68.3 Å². The maximum Gasteiger partial charge on any atom is 0.213 e. The Morgan fingerprint density at radius 3 is 2.12 bits per heavy atom. The molecule has 0 N–H and O–H groups in total. The van der Waals surface area contributed by atoms with E-state index in [1.54, 1.807) is 18.2 Å². The Morgan fingerprint density at radius 2 is 1.62 bits per heavy atom. The molecule has 0 heterocycles. The lowest BCUT2D eigenvalue weighted by molar-refractivity contribution is -0.134. The van der Waals surface area contributed by atoms with E-state index in [0.717, 1.165) is 0 Å². The average molecular weight is 240 g/mol. The van der Waals surface area contributed by atoms with Gasteiger partial charge in [0.1, 0.15) is 5.75 Å². The van der Waals surface area contributed by atoms with Crippen molar-refractivity contribution in [1.82, 2.24) is 0 Å². The number of hydrogen-bond acceptors (Lipinski definition) is 4. The standard InChI is InChI=1S/C11H12O4S/c1-2-10(12)11(13)8-16(14,15)9-6-4-3-5-7-9/h3-7H,2,8H2,1H3. The summed E-state index contributed by atoms with van der Waals surface area (Å²) in [4.78, 5) is 22.3. The number of sulfone groups is 1. The first-order valence-electron chi connectivity index (χ1n) is 4.81. The van der Waals surface area contributed by atoms with E-state index in [9.17, 15) is 18.0 Å². The molecule has 0 aliphatic heterocycles. The number of rotatable bonds is 5. The molecule has 4 nitrogen and oxygen atoms in total. The zero-order valence-electron chi connectivity index (χ0n) is 8.84. The number of Topliss-reactive ketones (excluding diaryl/α,β-unsaturated/α-hetero) is 2. The summed E-state index contributed by atoms with van der Waals surface area (Å²) in [7, 11) is -3.68. The highest BCUT2D eigenvalue weighted by atomic mass is 32.2. The highest BCUT2D eigenvalue weighted by Gasteiger charge is 2.22. The second-order valence-electron chi connectivity index (χ2n) is 3.27. The predicted octanol–water partition coefficient (Wildman–Crippen LogP) is 1.01. The Bertz CT molecular complexity index is 488. The first-order valence-corrected chi connectivity index (χ1v) is 6.46. The van der Waals surface area contributed by atoms with Gasteiger partial charge < -0.3 is 0 Å². The van der Waals surface area contributed by atoms with Crippen LogP contribution in [0.2, 0.25) is 0 Å². The molecule has 0 atom stereocenters. The van der Waals surface area contributed by atoms with Gasteiger partial charge in [0, 0.05) is 6.42 Å². The lowest BCUT2D eigenvalue weighted by Gasteiger charge is -2.02. The van der Waals surface area contributed by atoms with Crippen molar-refractivity contribution < 1.29 is 18.0 Å². The van der Waals surface area contributed by atoms with E-state index in [1.165, 1.54) is 19.1 Å². The van der Waals surface area contributed by atoms with Gasteiger partial charge in [0.15, 0.2) is 15.6 Å². The maximum atomic E-state index is 11.7. The van der Waals surface area contributed by atoms with Gasteiger partial charge in [0.25, 0.3) is 0 Å². The first kappa shape index (κ1) is 12.6. The molecule has 0 aromatic heterocycles. The molecule has 0 aliphatic carbocycles. The molecule has 5 heteroatoms. The molecule has 0 aliphatic rings. The quantitative estimate of drug-likeness (QED) is 0.720. The van der Waals surface area contributed by atoms with Crippen LogP contribution in [0.5, 0.6) is 0 Å². The van der Waals surface area contributed by atoms with Crippen LogP contribution >= 0.6 is 0 Å². The third-order valence-corrected chi connectivity index (χ3v) is 3.69. The van der Waals surface area contributed by atoms with Crippen molar-refractivity contribution in [3.63, 3.8) is 0 Å². The molecule has 0 radical (unpaired) electrons. The van der Waals surface area contributed by atoms with Crippen molar-refractivity contribution >= 4 is 21.4 Å². The highest BCUT2D eigenvalue weighted by Crippen LogP contribution is 2.10. The third kappa shape index (κ3) is 3.00. The highest BCUT2D eigenvalue weighted by molar-refractivity contribution is 7.92. The van der Waals surface area contributed by atoms with Crippen LogP contribution in [0.4, 0.5) is 0 Å².